The van der Waals surface area contributed by atoms with Crippen LogP contribution in [0.25, 0.3) is 0 Å². The number of amides is 2. The van der Waals surface area contributed by atoms with Crippen molar-refractivity contribution in [3.8, 4) is 5.75 Å². The van der Waals surface area contributed by atoms with Crippen LogP contribution in [-0.4, -0.2) is 29.4 Å². The number of hydrogen-bond donors (Lipinski definition) is 1. The number of nitrogens with zero attached hydrogens (tertiary/aromatic N) is 1. The number of rotatable bonds is 9. The molecule has 1 N–H and O–H groups in total. The molecule has 1 aliphatic carbocycles. The van der Waals surface area contributed by atoms with Crippen LogP contribution in [0, 0.1) is 0 Å². The Morgan fingerprint density at radius 3 is 2.39 bits per heavy atom. The number of carbonyl (C=O) groups excluding carboxylic acids is 2. The molecule has 33 heavy (non-hydrogen) atoms. The van der Waals surface area contributed by atoms with Crippen molar-refractivity contribution in [1.29, 1.82) is 0 Å². The van der Waals surface area contributed by atoms with E-state index in [0.29, 0.717) is 6.61 Å². The molecule has 0 radical (unpaired) electrons. The maximum absolute atomic E-state index is 13.6. The van der Waals surface area contributed by atoms with Crippen LogP contribution < -0.4 is 10.1 Å². The summed E-state index contributed by atoms with van der Waals surface area (Å²) in [5.74, 6) is 0.421. The zero-order valence-corrected chi connectivity index (χ0v) is 18.9. The van der Waals surface area contributed by atoms with E-state index in [-0.39, 0.29) is 30.2 Å². The van der Waals surface area contributed by atoms with Crippen LogP contribution in [0.3, 0.4) is 0 Å². The molecular formula is C27H30N2O4. The third-order valence-electron chi connectivity index (χ3n) is 5.96. The summed E-state index contributed by atoms with van der Waals surface area (Å²) >= 11 is 0. The number of ether oxygens (including phenoxy) is 1. The third kappa shape index (κ3) is 5.64. The topological polar surface area (TPSA) is 71.8 Å². The van der Waals surface area contributed by atoms with Crippen molar-refractivity contribution in [1.82, 2.24) is 10.2 Å². The molecule has 6 heteroatoms. The van der Waals surface area contributed by atoms with Gasteiger partial charge < -0.3 is 19.4 Å². The lowest BCUT2D eigenvalue weighted by atomic mass is 10.0. The summed E-state index contributed by atoms with van der Waals surface area (Å²) in [5, 5.41) is 3.19. The maximum atomic E-state index is 13.6. The van der Waals surface area contributed by atoms with Crippen LogP contribution in [0.15, 0.2) is 77.4 Å². The summed E-state index contributed by atoms with van der Waals surface area (Å²) in [4.78, 5) is 28.8. The second kappa shape index (κ2) is 10.9. The van der Waals surface area contributed by atoms with Gasteiger partial charge in [-0.15, -0.1) is 0 Å². The Morgan fingerprint density at radius 2 is 1.76 bits per heavy atom. The summed E-state index contributed by atoms with van der Waals surface area (Å²) in [6.07, 6.45) is 5.62. The molecule has 172 valence electrons. The number of nitrogens with one attached hydrogen (secondary N) is 1. The fourth-order valence-electron chi connectivity index (χ4n) is 4.34. The van der Waals surface area contributed by atoms with Crippen molar-refractivity contribution in [3.05, 3.63) is 89.9 Å². The number of hydrogen-bond acceptors (Lipinski definition) is 4. The molecule has 1 fully saturated rings. The zero-order chi connectivity index (χ0) is 23.0. The molecular weight excluding hydrogens is 416 g/mol. The molecule has 0 saturated heterocycles. The summed E-state index contributed by atoms with van der Waals surface area (Å²) in [6, 6.07) is 19.7. The molecule has 2 aromatic carbocycles. The lowest BCUT2D eigenvalue weighted by Crippen LogP contribution is -2.45. The summed E-state index contributed by atoms with van der Waals surface area (Å²) in [7, 11) is 0. The minimum atomic E-state index is -0.806. The molecule has 1 saturated carbocycles. The predicted octanol–water partition coefficient (Wildman–Crippen LogP) is 5.12. The summed E-state index contributed by atoms with van der Waals surface area (Å²) < 4.78 is 11.0. The Labute approximate surface area is 194 Å². The van der Waals surface area contributed by atoms with E-state index in [1.54, 1.807) is 17.0 Å². The third-order valence-corrected chi connectivity index (χ3v) is 5.96. The molecule has 6 nitrogen and oxygen atoms in total. The van der Waals surface area contributed by atoms with E-state index in [4.69, 9.17) is 9.15 Å². The zero-order valence-electron chi connectivity index (χ0n) is 18.9. The average molecular weight is 447 g/mol. The molecule has 0 aliphatic heterocycles. The molecule has 1 unspecified atom stereocenters. The quantitative estimate of drug-likeness (QED) is 0.495. The first-order valence-corrected chi connectivity index (χ1v) is 11.6. The number of furan rings is 1. The number of benzene rings is 2. The highest BCUT2D eigenvalue weighted by molar-refractivity contribution is 5.96. The van der Waals surface area contributed by atoms with Gasteiger partial charge in [-0.1, -0.05) is 55.3 Å². The van der Waals surface area contributed by atoms with Crippen molar-refractivity contribution >= 4 is 11.8 Å². The standard InChI is InChI=1S/C27H30N2O4/c1-2-32-23-16-14-21(15-17-23)25(26(30)28-22-11-6-7-12-22)29(19-20-9-4-3-5-10-20)27(31)24-13-8-18-33-24/h3-5,8-10,13-18,22,25H,2,6-7,11-12,19H2,1H3,(H,28,30). The smallest absolute Gasteiger partial charge is 0.290 e. The van der Waals surface area contributed by atoms with Crippen LogP contribution in [0.2, 0.25) is 0 Å². The number of carbonyl (C=O) groups is 2. The van der Waals surface area contributed by atoms with Crippen molar-refractivity contribution < 1.29 is 18.7 Å². The Morgan fingerprint density at radius 1 is 1.03 bits per heavy atom. The summed E-state index contributed by atoms with van der Waals surface area (Å²) in [6.45, 7) is 2.76. The largest absolute Gasteiger partial charge is 0.494 e. The van der Waals surface area contributed by atoms with Crippen molar-refractivity contribution in [3.63, 3.8) is 0 Å². The fraction of sp³-hybridized carbons (Fsp3) is 0.333. The van der Waals surface area contributed by atoms with Gasteiger partial charge in [0.1, 0.15) is 11.8 Å². The molecule has 0 spiro atoms. The minimum Gasteiger partial charge on any atom is -0.494 e. The molecule has 1 heterocycles. The first kappa shape index (κ1) is 22.6. The van der Waals surface area contributed by atoms with Crippen LogP contribution in [0.5, 0.6) is 5.75 Å². The van der Waals surface area contributed by atoms with Gasteiger partial charge in [0.2, 0.25) is 5.91 Å². The molecule has 2 amide bonds. The van der Waals surface area contributed by atoms with Crippen LogP contribution in [0.1, 0.15) is 60.3 Å². The Bertz CT molecular complexity index is 1030. The highest BCUT2D eigenvalue weighted by Crippen LogP contribution is 2.29. The van der Waals surface area contributed by atoms with E-state index in [0.717, 1.165) is 42.6 Å². The Balaban J connectivity index is 1.71. The van der Waals surface area contributed by atoms with Gasteiger partial charge in [-0.3, -0.25) is 9.59 Å². The van der Waals surface area contributed by atoms with Gasteiger partial charge in [-0.2, -0.15) is 0 Å². The first-order valence-electron chi connectivity index (χ1n) is 11.6. The Hall–Kier alpha value is -3.54. The maximum Gasteiger partial charge on any atom is 0.290 e. The molecule has 3 aromatic rings. The van der Waals surface area contributed by atoms with Gasteiger partial charge in [0, 0.05) is 12.6 Å². The second-order valence-corrected chi connectivity index (χ2v) is 8.29. The van der Waals surface area contributed by atoms with E-state index >= 15 is 0 Å². The summed E-state index contributed by atoms with van der Waals surface area (Å²) in [5.41, 5.74) is 1.66. The predicted molar refractivity (Wildman–Crippen MR) is 126 cm³/mol. The van der Waals surface area contributed by atoms with E-state index in [1.807, 2.05) is 61.5 Å². The van der Waals surface area contributed by atoms with Gasteiger partial charge in [0.25, 0.3) is 5.91 Å². The minimum absolute atomic E-state index is 0.139. The molecule has 1 aliphatic rings. The lowest BCUT2D eigenvalue weighted by Gasteiger charge is -2.32. The van der Waals surface area contributed by atoms with Gasteiger partial charge in [0.05, 0.1) is 12.9 Å². The van der Waals surface area contributed by atoms with E-state index < -0.39 is 6.04 Å². The van der Waals surface area contributed by atoms with Crippen LogP contribution >= 0.6 is 0 Å². The van der Waals surface area contributed by atoms with Gasteiger partial charge in [-0.05, 0) is 55.2 Å². The molecule has 0 bridgehead atoms. The van der Waals surface area contributed by atoms with E-state index in [1.165, 1.54) is 6.26 Å². The highest BCUT2D eigenvalue weighted by Gasteiger charge is 2.34. The lowest BCUT2D eigenvalue weighted by molar-refractivity contribution is -0.126. The molecule has 4 rings (SSSR count). The van der Waals surface area contributed by atoms with Crippen molar-refractivity contribution in [2.75, 3.05) is 6.61 Å². The average Bonchev–Trinajstić information content (AvgIpc) is 3.55. The normalized spacial score (nSPS) is 14.6. The van der Waals surface area contributed by atoms with Crippen molar-refractivity contribution in [2.24, 2.45) is 0 Å². The van der Waals surface area contributed by atoms with Crippen molar-refractivity contribution in [2.45, 2.75) is 51.2 Å². The van der Waals surface area contributed by atoms with Gasteiger partial charge in [-0.25, -0.2) is 0 Å². The van der Waals surface area contributed by atoms with E-state index in [2.05, 4.69) is 5.32 Å². The van der Waals surface area contributed by atoms with Gasteiger partial charge >= 0.3 is 0 Å². The first-order chi connectivity index (χ1) is 16.2. The second-order valence-electron chi connectivity index (χ2n) is 8.29. The van der Waals surface area contributed by atoms with E-state index in [9.17, 15) is 9.59 Å². The van der Waals surface area contributed by atoms with Crippen LogP contribution in [0.4, 0.5) is 0 Å². The SMILES string of the molecule is CCOc1ccc(C(C(=O)NC2CCCC2)N(Cc2ccccc2)C(=O)c2ccco2)cc1. The molecule has 1 aromatic heterocycles. The highest BCUT2D eigenvalue weighted by atomic mass is 16.5. The van der Waals surface area contributed by atoms with Gasteiger partial charge in [0.15, 0.2) is 5.76 Å². The fourth-order valence-corrected chi connectivity index (χ4v) is 4.34. The van der Waals surface area contributed by atoms with Crippen LogP contribution in [-0.2, 0) is 11.3 Å². The Kier molecular flexibility index (Phi) is 7.45. The monoisotopic (exact) mass is 446 g/mol. The molecule has 1 atom stereocenters.